The van der Waals surface area contributed by atoms with Crippen LogP contribution in [-0.2, 0) is 4.74 Å². The van der Waals surface area contributed by atoms with Gasteiger partial charge < -0.3 is 15.0 Å². The molecule has 2 unspecified atom stereocenters. The van der Waals surface area contributed by atoms with Crippen molar-refractivity contribution in [3.05, 3.63) is 47.8 Å². The zero-order chi connectivity index (χ0) is 19.1. The van der Waals surface area contributed by atoms with Gasteiger partial charge in [-0.05, 0) is 55.5 Å². The predicted octanol–water partition coefficient (Wildman–Crippen LogP) is 4.12. The van der Waals surface area contributed by atoms with Gasteiger partial charge in [0.2, 0.25) is 0 Å². The molecule has 1 aromatic carbocycles. The fourth-order valence-electron chi connectivity index (χ4n) is 4.17. The number of aromatic nitrogens is 1. The van der Waals surface area contributed by atoms with E-state index < -0.39 is 11.6 Å². The SMILES string of the molecule is COC1CC2CC(C1)N2C(=O)Nc1cc(-c2cncc(F)c2)c(C)cc1F. The number of anilines is 1. The maximum Gasteiger partial charge on any atom is 0.322 e. The van der Waals surface area contributed by atoms with Crippen LogP contribution in [0.1, 0.15) is 24.8 Å². The zero-order valence-corrected chi connectivity index (χ0v) is 15.2. The quantitative estimate of drug-likeness (QED) is 0.881. The fraction of sp³-hybridized carbons (Fsp3) is 0.400. The first-order valence-corrected chi connectivity index (χ1v) is 8.99. The summed E-state index contributed by atoms with van der Waals surface area (Å²) in [5.41, 5.74) is 1.88. The molecule has 5 nitrogen and oxygen atoms in total. The Morgan fingerprint density at radius 2 is 1.93 bits per heavy atom. The first-order chi connectivity index (χ1) is 13.0. The van der Waals surface area contributed by atoms with Crippen molar-refractivity contribution >= 4 is 11.7 Å². The third-order valence-corrected chi connectivity index (χ3v) is 5.54. The monoisotopic (exact) mass is 373 g/mol. The van der Waals surface area contributed by atoms with Gasteiger partial charge in [0.25, 0.3) is 0 Å². The van der Waals surface area contributed by atoms with E-state index in [1.807, 2.05) is 0 Å². The second kappa shape index (κ2) is 6.88. The summed E-state index contributed by atoms with van der Waals surface area (Å²) < 4.78 is 33.3. The molecule has 0 spiro atoms. The smallest absolute Gasteiger partial charge is 0.322 e. The average Bonchev–Trinajstić information content (AvgIpc) is 2.63. The first-order valence-electron chi connectivity index (χ1n) is 8.99. The highest BCUT2D eigenvalue weighted by atomic mass is 19.1. The molecule has 2 bridgehead atoms. The number of rotatable bonds is 3. The lowest BCUT2D eigenvalue weighted by Crippen LogP contribution is -2.65. The molecular formula is C20H21F2N3O2. The van der Waals surface area contributed by atoms with Crippen molar-refractivity contribution in [3.63, 3.8) is 0 Å². The Morgan fingerprint density at radius 3 is 2.59 bits per heavy atom. The maximum atomic E-state index is 14.4. The van der Waals surface area contributed by atoms with E-state index in [0.717, 1.165) is 25.5 Å². The molecule has 3 aliphatic rings. The molecule has 0 radical (unpaired) electrons. The molecule has 1 N–H and O–H groups in total. The van der Waals surface area contributed by atoms with Crippen molar-refractivity contribution in [3.8, 4) is 11.1 Å². The summed E-state index contributed by atoms with van der Waals surface area (Å²) in [5, 5.41) is 2.68. The minimum absolute atomic E-state index is 0.0816. The largest absolute Gasteiger partial charge is 0.381 e. The van der Waals surface area contributed by atoms with Crippen LogP contribution in [-0.4, -0.2) is 41.2 Å². The van der Waals surface area contributed by atoms with E-state index in [0.29, 0.717) is 16.7 Å². The number of methoxy groups -OCH3 is 1. The molecule has 1 saturated carbocycles. The average molecular weight is 373 g/mol. The number of nitrogens with zero attached hydrogens (tertiary/aromatic N) is 2. The summed E-state index contributed by atoms with van der Waals surface area (Å²) in [6.45, 7) is 1.74. The Labute approximate surface area is 156 Å². The number of hydrogen-bond acceptors (Lipinski definition) is 3. The standard InChI is InChI=1S/C20H21F2N3O2/c1-11-3-18(22)19(8-17(11)12-4-13(21)10-23-9-12)24-20(26)25-14-5-15(25)7-16(6-14)27-2/h3-4,8-10,14-16H,5-7H2,1-2H3,(H,24,26). The van der Waals surface area contributed by atoms with Crippen LogP contribution in [0.15, 0.2) is 30.6 Å². The van der Waals surface area contributed by atoms with E-state index in [1.54, 1.807) is 18.9 Å². The molecule has 1 aromatic heterocycles. The minimum Gasteiger partial charge on any atom is -0.381 e. The number of urea groups is 1. The number of ether oxygens (including phenoxy) is 1. The van der Waals surface area contributed by atoms with Gasteiger partial charge in [0.05, 0.1) is 18.0 Å². The number of piperidine rings is 1. The number of aryl methyl sites for hydroxylation is 1. The molecule has 142 valence electrons. The van der Waals surface area contributed by atoms with Crippen LogP contribution in [0.3, 0.4) is 0 Å². The van der Waals surface area contributed by atoms with Gasteiger partial charge in [-0.2, -0.15) is 0 Å². The van der Waals surface area contributed by atoms with Gasteiger partial charge in [0.1, 0.15) is 11.6 Å². The van der Waals surface area contributed by atoms with E-state index in [9.17, 15) is 13.6 Å². The molecule has 1 aliphatic carbocycles. The van der Waals surface area contributed by atoms with Gasteiger partial charge in [-0.3, -0.25) is 4.98 Å². The van der Waals surface area contributed by atoms with Gasteiger partial charge in [-0.25, -0.2) is 13.6 Å². The summed E-state index contributed by atoms with van der Waals surface area (Å²) in [6, 6.07) is 4.17. The van der Waals surface area contributed by atoms with Crippen molar-refractivity contribution < 1.29 is 18.3 Å². The molecule has 3 fully saturated rings. The van der Waals surface area contributed by atoms with Gasteiger partial charge >= 0.3 is 6.03 Å². The highest BCUT2D eigenvalue weighted by Gasteiger charge is 2.48. The molecule has 3 heterocycles. The summed E-state index contributed by atoms with van der Waals surface area (Å²) in [7, 11) is 1.68. The number of carbonyl (C=O) groups excluding carboxylic acids is 1. The van der Waals surface area contributed by atoms with Crippen LogP contribution >= 0.6 is 0 Å². The van der Waals surface area contributed by atoms with Gasteiger partial charge in [-0.15, -0.1) is 0 Å². The molecule has 2 amide bonds. The van der Waals surface area contributed by atoms with Crippen molar-refractivity contribution in [2.75, 3.05) is 12.4 Å². The first kappa shape index (κ1) is 17.9. The number of pyridine rings is 1. The van der Waals surface area contributed by atoms with Gasteiger partial charge in [0, 0.05) is 31.0 Å². The molecule has 2 aliphatic heterocycles. The maximum absolute atomic E-state index is 14.4. The normalized spacial score (nSPS) is 23.7. The molecule has 27 heavy (non-hydrogen) atoms. The minimum atomic E-state index is -0.519. The number of fused-ring (bicyclic) bond motifs is 2. The third kappa shape index (κ3) is 3.27. The molecule has 7 heteroatoms. The Bertz CT molecular complexity index is 878. The lowest BCUT2D eigenvalue weighted by atomic mass is 9.78. The second-order valence-corrected chi connectivity index (χ2v) is 7.25. The van der Waals surface area contributed by atoms with E-state index in [2.05, 4.69) is 10.3 Å². The highest BCUT2D eigenvalue weighted by Crippen LogP contribution is 2.40. The Morgan fingerprint density at radius 1 is 1.19 bits per heavy atom. The van der Waals surface area contributed by atoms with Crippen LogP contribution < -0.4 is 5.32 Å². The number of carbonyl (C=O) groups is 1. The van der Waals surface area contributed by atoms with E-state index in [-0.39, 0.29) is 29.9 Å². The highest BCUT2D eigenvalue weighted by molar-refractivity contribution is 5.91. The summed E-state index contributed by atoms with van der Waals surface area (Å²) in [5.74, 6) is -0.989. The Kier molecular flexibility index (Phi) is 4.55. The molecular weight excluding hydrogens is 352 g/mol. The van der Waals surface area contributed by atoms with E-state index >= 15 is 0 Å². The van der Waals surface area contributed by atoms with Crippen LogP contribution in [0.5, 0.6) is 0 Å². The summed E-state index contributed by atoms with van der Waals surface area (Å²) >= 11 is 0. The number of nitrogens with one attached hydrogen (secondary N) is 1. The lowest BCUT2D eigenvalue weighted by Gasteiger charge is -2.54. The number of halogens is 2. The van der Waals surface area contributed by atoms with Crippen LogP contribution in [0, 0.1) is 18.6 Å². The predicted molar refractivity (Wildman–Crippen MR) is 97.4 cm³/mol. The van der Waals surface area contributed by atoms with Crippen molar-refractivity contribution in [2.45, 2.75) is 44.4 Å². The second-order valence-electron chi connectivity index (χ2n) is 7.25. The Balaban J connectivity index is 1.56. The number of benzene rings is 1. The van der Waals surface area contributed by atoms with E-state index in [4.69, 9.17) is 4.74 Å². The van der Waals surface area contributed by atoms with Crippen LogP contribution in [0.25, 0.3) is 11.1 Å². The Hall–Kier alpha value is -2.54. The summed E-state index contributed by atoms with van der Waals surface area (Å²) in [6.07, 6.45) is 5.37. The third-order valence-electron chi connectivity index (χ3n) is 5.54. The summed E-state index contributed by atoms with van der Waals surface area (Å²) in [4.78, 5) is 18.3. The van der Waals surface area contributed by atoms with Crippen LogP contribution in [0.4, 0.5) is 19.3 Å². The van der Waals surface area contributed by atoms with Crippen molar-refractivity contribution in [1.29, 1.82) is 0 Å². The van der Waals surface area contributed by atoms with Crippen LogP contribution in [0.2, 0.25) is 0 Å². The topological polar surface area (TPSA) is 54.5 Å². The fourth-order valence-corrected chi connectivity index (χ4v) is 4.17. The van der Waals surface area contributed by atoms with Gasteiger partial charge in [-0.1, -0.05) is 0 Å². The number of amides is 2. The van der Waals surface area contributed by atoms with Crippen molar-refractivity contribution in [1.82, 2.24) is 9.88 Å². The molecule has 5 rings (SSSR count). The molecule has 2 aromatic rings. The van der Waals surface area contributed by atoms with Crippen molar-refractivity contribution in [2.24, 2.45) is 0 Å². The lowest BCUT2D eigenvalue weighted by molar-refractivity contribution is -0.0636. The molecule has 2 saturated heterocycles. The van der Waals surface area contributed by atoms with Gasteiger partial charge in [0.15, 0.2) is 0 Å². The zero-order valence-electron chi connectivity index (χ0n) is 15.2. The molecule has 2 atom stereocenters. The van der Waals surface area contributed by atoms with E-state index in [1.165, 1.54) is 24.4 Å². The number of hydrogen-bond donors (Lipinski definition) is 1.